The van der Waals surface area contributed by atoms with Crippen LogP contribution >= 0.6 is 0 Å². The topological polar surface area (TPSA) is 85.1 Å². The third-order valence-corrected chi connectivity index (χ3v) is 3.61. The largest absolute Gasteiger partial charge is 0.368 e. The van der Waals surface area contributed by atoms with Crippen molar-refractivity contribution in [1.82, 2.24) is 10.3 Å². The molecule has 1 fully saturated rings. The van der Waals surface area contributed by atoms with Gasteiger partial charge in [-0.3, -0.25) is 14.6 Å². The van der Waals surface area contributed by atoms with Crippen LogP contribution in [0.4, 0.5) is 0 Å². The second-order valence-electron chi connectivity index (χ2n) is 4.97. The van der Waals surface area contributed by atoms with E-state index in [1.165, 1.54) is 6.42 Å². The van der Waals surface area contributed by atoms with Crippen LogP contribution in [0.5, 0.6) is 0 Å². The molecule has 3 N–H and O–H groups in total. The van der Waals surface area contributed by atoms with E-state index in [1.807, 2.05) is 0 Å². The van der Waals surface area contributed by atoms with Gasteiger partial charge >= 0.3 is 0 Å². The van der Waals surface area contributed by atoms with Crippen molar-refractivity contribution >= 4 is 11.8 Å². The number of rotatable bonds is 4. The van der Waals surface area contributed by atoms with E-state index < -0.39 is 11.9 Å². The minimum atomic E-state index is -0.588. The lowest BCUT2D eigenvalue weighted by Gasteiger charge is -2.28. The summed E-state index contributed by atoms with van der Waals surface area (Å²) in [6.07, 6.45) is 6.80. The molecule has 1 aromatic heterocycles. The summed E-state index contributed by atoms with van der Waals surface area (Å²) in [5, 5.41) is 2.73. The Morgan fingerprint density at radius 1 is 1.26 bits per heavy atom. The number of pyridine rings is 1. The molecular formula is C14H19N3O2. The standard InChI is InChI=1S/C14H19N3O2/c15-13(18)12(10-6-2-1-3-7-10)17-14(19)11-8-4-5-9-16-11/h4-5,8-10,12H,1-3,6-7H2,(H2,15,18)(H,17,19)/t12-/m1/s1. The lowest BCUT2D eigenvalue weighted by molar-refractivity contribution is -0.121. The molecule has 2 rings (SSSR count). The molecule has 0 unspecified atom stereocenters. The minimum absolute atomic E-state index is 0.152. The summed E-state index contributed by atoms with van der Waals surface area (Å²) in [6.45, 7) is 0. The third kappa shape index (κ3) is 3.53. The van der Waals surface area contributed by atoms with Crippen LogP contribution in [0.25, 0.3) is 0 Å². The predicted octanol–water partition coefficient (Wildman–Crippen LogP) is 1.25. The highest BCUT2D eigenvalue weighted by Gasteiger charge is 2.29. The number of aromatic nitrogens is 1. The van der Waals surface area contributed by atoms with Gasteiger partial charge in [0.2, 0.25) is 5.91 Å². The van der Waals surface area contributed by atoms with Gasteiger partial charge < -0.3 is 11.1 Å². The molecule has 1 aromatic rings. The summed E-state index contributed by atoms with van der Waals surface area (Å²) in [4.78, 5) is 27.5. The Kier molecular flexibility index (Phi) is 4.49. The van der Waals surface area contributed by atoms with Crippen molar-refractivity contribution < 1.29 is 9.59 Å². The Hall–Kier alpha value is -1.91. The zero-order valence-corrected chi connectivity index (χ0v) is 10.8. The van der Waals surface area contributed by atoms with E-state index in [0.29, 0.717) is 5.69 Å². The number of amides is 2. The molecule has 1 aliphatic rings. The van der Waals surface area contributed by atoms with Crippen LogP contribution in [-0.2, 0) is 4.79 Å². The van der Waals surface area contributed by atoms with Gasteiger partial charge in [-0.05, 0) is 30.9 Å². The van der Waals surface area contributed by atoms with Gasteiger partial charge in [0.1, 0.15) is 11.7 Å². The Labute approximate surface area is 112 Å². The molecule has 102 valence electrons. The van der Waals surface area contributed by atoms with Crippen LogP contribution in [0, 0.1) is 5.92 Å². The highest BCUT2D eigenvalue weighted by Crippen LogP contribution is 2.26. The minimum Gasteiger partial charge on any atom is -0.368 e. The zero-order valence-electron chi connectivity index (χ0n) is 10.8. The first-order valence-electron chi connectivity index (χ1n) is 6.69. The molecule has 1 heterocycles. The van der Waals surface area contributed by atoms with E-state index in [2.05, 4.69) is 10.3 Å². The lowest BCUT2D eigenvalue weighted by Crippen LogP contribution is -2.49. The number of hydrogen-bond acceptors (Lipinski definition) is 3. The predicted molar refractivity (Wildman–Crippen MR) is 71.3 cm³/mol. The zero-order chi connectivity index (χ0) is 13.7. The monoisotopic (exact) mass is 261 g/mol. The summed E-state index contributed by atoms with van der Waals surface area (Å²) < 4.78 is 0. The second-order valence-corrected chi connectivity index (χ2v) is 4.97. The molecule has 0 aliphatic heterocycles. The molecular weight excluding hydrogens is 242 g/mol. The molecule has 0 saturated heterocycles. The quantitative estimate of drug-likeness (QED) is 0.855. The van der Waals surface area contributed by atoms with Crippen molar-refractivity contribution in [2.45, 2.75) is 38.1 Å². The number of nitrogens with one attached hydrogen (secondary N) is 1. The normalized spacial score (nSPS) is 17.7. The van der Waals surface area contributed by atoms with E-state index in [4.69, 9.17) is 5.73 Å². The summed E-state index contributed by atoms with van der Waals surface area (Å²) in [6, 6.07) is 4.51. The molecule has 1 aliphatic carbocycles. The highest BCUT2D eigenvalue weighted by molar-refractivity contribution is 5.95. The van der Waals surface area contributed by atoms with Crippen LogP contribution < -0.4 is 11.1 Å². The van der Waals surface area contributed by atoms with Crippen molar-refractivity contribution in [3.05, 3.63) is 30.1 Å². The Morgan fingerprint density at radius 2 is 2.00 bits per heavy atom. The van der Waals surface area contributed by atoms with E-state index in [-0.39, 0.29) is 11.8 Å². The molecule has 0 bridgehead atoms. The number of primary amides is 1. The van der Waals surface area contributed by atoms with Gasteiger partial charge in [-0.25, -0.2) is 0 Å². The highest BCUT2D eigenvalue weighted by atomic mass is 16.2. The Morgan fingerprint density at radius 3 is 2.58 bits per heavy atom. The van der Waals surface area contributed by atoms with E-state index in [9.17, 15) is 9.59 Å². The summed E-state index contributed by atoms with van der Waals surface area (Å²) in [7, 11) is 0. The summed E-state index contributed by atoms with van der Waals surface area (Å²) >= 11 is 0. The maximum Gasteiger partial charge on any atom is 0.270 e. The fraction of sp³-hybridized carbons (Fsp3) is 0.500. The molecule has 1 saturated carbocycles. The van der Waals surface area contributed by atoms with E-state index in [1.54, 1.807) is 24.4 Å². The smallest absolute Gasteiger partial charge is 0.270 e. The van der Waals surface area contributed by atoms with Crippen molar-refractivity contribution in [2.24, 2.45) is 11.7 Å². The van der Waals surface area contributed by atoms with Crippen molar-refractivity contribution in [3.8, 4) is 0 Å². The van der Waals surface area contributed by atoms with Crippen molar-refractivity contribution in [2.75, 3.05) is 0 Å². The van der Waals surface area contributed by atoms with Crippen LogP contribution in [0.3, 0.4) is 0 Å². The fourth-order valence-electron chi connectivity index (χ4n) is 2.60. The lowest BCUT2D eigenvalue weighted by atomic mass is 9.83. The first-order valence-corrected chi connectivity index (χ1v) is 6.69. The van der Waals surface area contributed by atoms with Crippen LogP contribution in [0.2, 0.25) is 0 Å². The number of carbonyl (C=O) groups excluding carboxylic acids is 2. The molecule has 1 atom stereocenters. The number of hydrogen-bond donors (Lipinski definition) is 2. The van der Waals surface area contributed by atoms with Crippen LogP contribution in [0.1, 0.15) is 42.6 Å². The van der Waals surface area contributed by atoms with Crippen molar-refractivity contribution in [3.63, 3.8) is 0 Å². The third-order valence-electron chi connectivity index (χ3n) is 3.61. The summed E-state index contributed by atoms with van der Waals surface area (Å²) in [5.74, 6) is -0.648. The molecule has 19 heavy (non-hydrogen) atoms. The van der Waals surface area contributed by atoms with Crippen LogP contribution in [0.15, 0.2) is 24.4 Å². The van der Waals surface area contributed by atoms with Gasteiger partial charge in [-0.1, -0.05) is 25.3 Å². The van der Waals surface area contributed by atoms with Gasteiger partial charge in [0.15, 0.2) is 0 Å². The van der Waals surface area contributed by atoms with Gasteiger partial charge in [-0.15, -0.1) is 0 Å². The maximum atomic E-state index is 12.0. The molecule has 5 heteroatoms. The first-order chi connectivity index (χ1) is 9.18. The second kappa shape index (κ2) is 6.31. The van der Waals surface area contributed by atoms with Gasteiger partial charge in [-0.2, -0.15) is 0 Å². The molecule has 0 spiro atoms. The summed E-state index contributed by atoms with van der Waals surface area (Å²) in [5.41, 5.74) is 5.73. The van der Waals surface area contributed by atoms with E-state index in [0.717, 1.165) is 25.7 Å². The Balaban J connectivity index is 2.04. The average Bonchev–Trinajstić information content (AvgIpc) is 2.46. The Bertz CT molecular complexity index is 441. The van der Waals surface area contributed by atoms with Crippen molar-refractivity contribution in [1.29, 1.82) is 0 Å². The number of nitrogens with two attached hydrogens (primary N) is 1. The van der Waals surface area contributed by atoms with Gasteiger partial charge in [0.05, 0.1) is 0 Å². The van der Waals surface area contributed by atoms with Crippen LogP contribution in [-0.4, -0.2) is 22.8 Å². The molecule has 2 amide bonds. The SMILES string of the molecule is NC(=O)[C@H](NC(=O)c1ccccn1)C1CCCCC1. The van der Waals surface area contributed by atoms with Gasteiger partial charge in [0, 0.05) is 6.20 Å². The fourth-order valence-corrected chi connectivity index (χ4v) is 2.60. The molecule has 5 nitrogen and oxygen atoms in total. The number of carbonyl (C=O) groups is 2. The first kappa shape index (κ1) is 13.5. The molecule has 0 radical (unpaired) electrons. The average molecular weight is 261 g/mol. The number of nitrogens with zero attached hydrogens (tertiary/aromatic N) is 1. The van der Waals surface area contributed by atoms with E-state index >= 15 is 0 Å². The van der Waals surface area contributed by atoms with Gasteiger partial charge in [0.25, 0.3) is 5.91 Å². The molecule has 0 aromatic carbocycles. The maximum absolute atomic E-state index is 12.0.